The molecule has 1 saturated heterocycles. The molecule has 1 aromatic carbocycles. The van der Waals surface area contributed by atoms with E-state index in [2.05, 4.69) is 0 Å². The van der Waals surface area contributed by atoms with Crippen molar-refractivity contribution in [3.8, 4) is 0 Å². The lowest BCUT2D eigenvalue weighted by molar-refractivity contribution is 0.0350. The van der Waals surface area contributed by atoms with Crippen LogP contribution < -0.4 is 5.14 Å². The number of piperidine rings is 1. The van der Waals surface area contributed by atoms with E-state index in [9.17, 15) is 17.6 Å². The van der Waals surface area contributed by atoms with Crippen molar-refractivity contribution in [2.75, 3.05) is 20.2 Å². The van der Waals surface area contributed by atoms with Gasteiger partial charge in [-0.1, -0.05) is 0 Å². The van der Waals surface area contributed by atoms with Crippen molar-refractivity contribution in [1.29, 1.82) is 0 Å². The Morgan fingerprint density at radius 2 is 2.00 bits per heavy atom. The highest BCUT2D eigenvalue weighted by Crippen LogP contribution is 2.19. The van der Waals surface area contributed by atoms with E-state index in [0.29, 0.717) is 25.9 Å². The van der Waals surface area contributed by atoms with Crippen LogP contribution in [0.1, 0.15) is 23.2 Å². The minimum absolute atomic E-state index is 0.108. The third-order valence-corrected chi connectivity index (χ3v) is 4.47. The van der Waals surface area contributed by atoms with Crippen LogP contribution in [0.4, 0.5) is 4.39 Å². The lowest BCUT2D eigenvalue weighted by Crippen LogP contribution is -2.40. The largest absolute Gasteiger partial charge is 0.381 e. The zero-order valence-corrected chi connectivity index (χ0v) is 12.4. The van der Waals surface area contributed by atoms with Crippen LogP contribution in [0.2, 0.25) is 0 Å². The number of benzene rings is 1. The molecule has 8 heteroatoms. The number of carbonyl (C=O) groups excluding carboxylic acids is 1. The predicted molar refractivity (Wildman–Crippen MR) is 73.7 cm³/mol. The van der Waals surface area contributed by atoms with Gasteiger partial charge in [-0.25, -0.2) is 17.9 Å². The van der Waals surface area contributed by atoms with Gasteiger partial charge in [-0.15, -0.1) is 0 Å². The van der Waals surface area contributed by atoms with Gasteiger partial charge in [0.05, 0.1) is 6.10 Å². The second-order valence-electron chi connectivity index (χ2n) is 4.92. The highest BCUT2D eigenvalue weighted by molar-refractivity contribution is 7.89. The normalized spacial score (nSPS) is 17.0. The highest BCUT2D eigenvalue weighted by Gasteiger charge is 2.25. The number of rotatable bonds is 3. The second-order valence-corrected chi connectivity index (χ2v) is 6.45. The first kappa shape index (κ1) is 15.9. The number of carbonyl (C=O) groups is 1. The smallest absolute Gasteiger partial charge is 0.253 e. The number of likely N-dealkylation sites (tertiary alicyclic amines) is 1. The van der Waals surface area contributed by atoms with Crippen molar-refractivity contribution >= 4 is 15.9 Å². The minimum atomic E-state index is -4.20. The molecule has 0 aromatic heterocycles. The Morgan fingerprint density at radius 1 is 1.38 bits per heavy atom. The van der Waals surface area contributed by atoms with Crippen molar-refractivity contribution < 1.29 is 22.3 Å². The molecule has 0 radical (unpaired) electrons. The van der Waals surface area contributed by atoms with Gasteiger partial charge in [0.1, 0.15) is 10.7 Å². The monoisotopic (exact) mass is 316 g/mol. The van der Waals surface area contributed by atoms with Gasteiger partial charge in [-0.3, -0.25) is 4.79 Å². The zero-order valence-electron chi connectivity index (χ0n) is 11.6. The van der Waals surface area contributed by atoms with Crippen molar-refractivity contribution in [2.24, 2.45) is 5.14 Å². The molecule has 116 valence electrons. The summed E-state index contributed by atoms with van der Waals surface area (Å²) in [4.78, 5) is 13.2. The number of methoxy groups -OCH3 is 1. The number of halogens is 1. The molecule has 1 amide bonds. The molecule has 2 rings (SSSR count). The van der Waals surface area contributed by atoms with Crippen LogP contribution in [0.3, 0.4) is 0 Å². The first-order chi connectivity index (χ1) is 9.82. The third kappa shape index (κ3) is 3.58. The van der Waals surface area contributed by atoms with Crippen molar-refractivity contribution in [2.45, 2.75) is 23.8 Å². The fourth-order valence-electron chi connectivity index (χ4n) is 2.33. The van der Waals surface area contributed by atoms with Crippen LogP contribution in [0.5, 0.6) is 0 Å². The molecule has 1 fully saturated rings. The molecule has 6 nitrogen and oxygen atoms in total. The van der Waals surface area contributed by atoms with E-state index in [1.807, 2.05) is 0 Å². The predicted octanol–water partition coefficient (Wildman–Crippen LogP) is 0.724. The first-order valence-electron chi connectivity index (χ1n) is 6.47. The van der Waals surface area contributed by atoms with Crippen LogP contribution in [-0.4, -0.2) is 45.5 Å². The lowest BCUT2D eigenvalue weighted by Gasteiger charge is -2.31. The molecule has 0 bridgehead atoms. The Bertz CT molecular complexity index is 640. The number of hydrogen-bond acceptors (Lipinski definition) is 4. The molecule has 1 aliphatic rings. The average Bonchev–Trinajstić information content (AvgIpc) is 2.46. The number of ether oxygens (including phenoxy) is 1. The molecule has 21 heavy (non-hydrogen) atoms. The highest BCUT2D eigenvalue weighted by atomic mass is 32.2. The van der Waals surface area contributed by atoms with Crippen molar-refractivity contribution in [3.05, 3.63) is 29.6 Å². The van der Waals surface area contributed by atoms with Crippen molar-refractivity contribution in [3.63, 3.8) is 0 Å². The number of nitrogens with two attached hydrogens (primary N) is 1. The maximum Gasteiger partial charge on any atom is 0.253 e. The SMILES string of the molecule is COC1CCN(C(=O)c2ccc(F)c(S(N)(=O)=O)c2)CC1. The number of sulfonamides is 1. The molecule has 0 atom stereocenters. The minimum Gasteiger partial charge on any atom is -0.381 e. The maximum absolute atomic E-state index is 13.5. The van der Waals surface area contributed by atoms with Gasteiger partial charge in [0.25, 0.3) is 5.91 Å². The quantitative estimate of drug-likeness (QED) is 0.890. The van der Waals surface area contributed by atoms with Crippen LogP contribution in [-0.2, 0) is 14.8 Å². The number of primary sulfonamides is 1. The zero-order chi connectivity index (χ0) is 15.6. The Hall–Kier alpha value is -1.51. The molecule has 1 aromatic rings. The summed E-state index contributed by atoms with van der Waals surface area (Å²) >= 11 is 0. The van der Waals surface area contributed by atoms with Crippen molar-refractivity contribution in [1.82, 2.24) is 4.90 Å². The van der Waals surface area contributed by atoms with Crippen LogP contribution in [0, 0.1) is 5.82 Å². The van der Waals surface area contributed by atoms with Gasteiger partial charge >= 0.3 is 0 Å². The fourth-order valence-corrected chi connectivity index (χ4v) is 2.96. The van der Waals surface area contributed by atoms with E-state index in [0.717, 1.165) is 12.1 Å². The van der Waals surface area contributed by atoms with Crippen LogP contribution in [0.15, 0.2) is 23.1 Å². The number of amides is 1. The van der Waals surface area contributed by atoms with E-state index < -0.39 is 20.7 Å². The van der Waals surface area contributed by atoms with Gasteiger partial charge in [-0.05, 0) is 31.0 Å². The molecule has 0 unspecified atom stereocenters. The average molecular weight is 316 g/mol. The summed E-state index contributed by atoms with van der Waals surface area (Å²) < 4.78 is 41.3. The Kier molecular flexibility index (Phi) is 4.60. The number of hydrogen-bond donors (Lipinski definition) is 1. The van der Waals surface area contributed by atoms with E-state index in [4.69, 9.17) is 9.88 Å². The molecule has 2 N–H and O–H groups in total. The summed E-state index contributed by atoms with van der Waals surface area (Å²) in [7, 11) is -2.57. The topological polar surface area (TPSA) is 89.7 Å². The summed E-state index contributed by atoms with van der Waals surface area (Å²) in [5.74, 6) is -1.30. The van der Waals surface area contributed by atoms with E-state index in [1.54, 1.807) is 12.0 Å². The van der Waals surface area contributed by atoms with Gasteiger partial charge in [0.15, 0.2) is 0 Å². The molecule has 0 saturated carbocycles. The lowest BCUT2D eigenvalue weighted by atomic mass is 10.1. The van der Waals surface area contributed by atoms with Gasteiger partial charge in [-0.2, -0.15) is 0 Å². The summed E-state index contributed by atoms with van der Waals surface area (Å²) in [5, 5.41) is 4.93. The third-order valence-electron chi connectivity index (χ3n) is 3.55. The molecular formula is C13H17FN2O4S. The summed E-state index contributed by atoms with van der Waals surface area (Å²) in [5.41, 5.74) is 0.108. The molecular weight excluding hydrogens is 299 g/mol. The molecule has 0 aliphatic carbocycles. The molecule has 1 heterocycles. The Balaban J connectivity index is 2.21. The van der Waals surface area contributed by atoms with E-state index in [-0.39, 0.29) is 17.6 Å². The van der Waals surface area contributed by atoms with E-state index in [1.165, 1.54) is 6.07 Å². The summed E-state index contributed by atoms with van der Waals surface area (Å²) in [6.07, 6.45) is 1.55. The maximum atomic E-state index is 13.5. The van der Waals surface area contributed by atoms with Crippen LogP contribution >= 0.6 is 0 Å². The van der Waals surface area contributed by atoms with Crippen LogP contribution in [0.25, 0.3) is 0 Å². The molecule has 0 spiro atoms. The van der Waals surface area contributed by atoms with Gasteiger partial charge in [0.2, 0.25) is 10.0 Å². The standard InChI is InChI=1S/C13H17FN2O4S/c1-20-10-4-6-16(7-5-10)13(17)9-2-3-11(14)12(8-9)21(15,18)19/h2-3,8,10H,4-7H2,1H3,(H2,15,18,19). The molecule has 1 aliphatic heterocycles. The van der Waals surface area contributed by atoms with E-state index >= 15 is 0 Å². The summed E-state index contributed by atoms with van der Waals surface area (Å²) in [6.45, 7) is 1.03. The summed E-state index contributed by atoms with van der Waals surface area (Å²) in [6, 6.07) is 3.18. The fraction of sp³-hybridized carbons (Fsp3) is 0.462. The second kappa shape index (κ2) is 6.08. The van der Waals surface area contributed by atoms with Gasteiger partial charge in [0, 0.05) is 25.8 Å². The first-order valence-corrected chi connectivity index (χ1v) is 8.02. The number of nitrogens with zero attached hydrogens (tertiary/aromatic N) is 1. The Morgan fingerprint density at radius 3 is 2.52 bits per heavy atom. The Labute approximate surface area is 122 Å². The van der Waals surface area contributed by atoms with Gasteiger partial charge < -0.3 is 9.64 Å².